The molecule has 2 aromatic rings. The molecule has 19 heavy (non-hydrogen) atoms. The summed E-state index contributed by atoms with van der Waals surface area (Å²) in [6.45, 7) is 4.31. The average Bonchev–Trinajstić information content (AvgIpc) is 2.78. The zero-order chi connectivity index (χ0) is 13.2. The molecule has 3 nitrogen and oxygen atoms in total. The highest BCUT2D eigenvalue weighted by Crippen LogP contribution is 2.29. The molecule has 2 unspecified atom stereocenters. The first-order chi connectivity index (χ1) is 9.24. The van der Waals surface area contributed by atoms with Crippen molar-refractivity contribution in [1.29, 1.82) is 0 Å². The fourth-order valence-electron chi connectivity index (χ4n) is 3.26. The molecule has 0 radical (unpaired) electrons. The summed E-state index contributed by atoms with van der Waals surface area (Å²) in [5.41, 5.74) is 3.40. The van der Waals surface area contributed by atoms with E-state index in [1.165, 1.54) is 37.8 Å². The lowest BCUT2D eigenvalue weighted by Gasteiger charge is -2.29. The third-order valence-corrected chi connectivity index (χ3v) is 4.33. The van der Waals surface area contributed by atoms with Crippen molar-refractivity contribution in [2.24, 2.45) is 5.92 Å². The highest BCUT2D eigenvalue weighted by Gasteiger charge is 2.20. The molecular formula is C16H23N3. The Bertz CT molecular complexity index is 558. The summed E-state index contributed by atoms with van der Waals surface area (Å²) in [6, 6.07) is 7.07. The molecule has 0 spiro atoms. The van der Waals surface area contributed by atoms with Crippen LogP contribution < -0.4 is 5.32 Å². The molecule has 1 aliphatic carbocycles. The van der Waals surface area contributed by atoms with E-state index in [2.05, 4.69) is 40.4 Å². The lowest BCUT2D eigenvalue weighted by atomic mass is 9.84. The van der Waals surface area contributed by atoms with Gasteiger partial charge in [-0.15, -0.1) is 0 Å². The molecular weight excluding hydrogens is 234 g/mol. The van der Waals surface area contributed by atoms with Crippen molar-refractivity contribution in [3.63, 3.8) is 0 Å². The predicted octanol–water partition coefficient (Wildman–Crippen LogP) is 4.25. The Morgan fingerprint density at radius 3 is 3.11 bits per heavy atom. The topological polar surface area (TPSA) is 40.7 Å². The number of nitrogens with one attached hydrogen (secondary N) is 2. The van der Waals surface area contributed by atoms with Crippen LogP contribution in [0.3, 0.4) is 0 Å². The third-order valence-electron chi connectivity index (χ3n) is 4.33. The van der Waals surface area contributed by atoms with Gasteiger partial charge >= 0.3 is 0 Å². The Balaban J connectivity index is 1.73. The van der Waals surface area contributed by atoms with Crippen LogP contribution in [-0.4, -0.2) is 16.0 Å². The number of imidazole rings is 1. The van der Waals surface area contributed by atoms with Gasteiger partial charge in [-0.2, -0.15) is 0 Å². The number of benzene rings is 1. The highest BCUT2D eigenvalue weighted by atomic mass is 14.9. The molecule has 2 atom stereocenters. The Labute approximate surface area is 114 Å². The van der Waals surface area contributed by atoms with Gasteiger partial charge in [-0.25, -0.2) is 4.98 Å². The van der Waals surface area contributed by atoms with Crippen molar-refractivity contribution in [2.75, 3.05) is 5.32 Å². The van der Waals surface area contributed by atoms with Gasteiger partial charge in [-0.3, -0.25) is 0 Å². The van der Waals surface area contributed by atoms with Gasteiger partial charge in [0, 0.05) is 11.7 Å². The number of hydrogen-bond donors (Lipinski definition) is 2. The van der Waals surface area contributed by atoms with E-state index in [9.17, 15) is 0 Å². The van der Waals surface area contributed by atoms with E-state index < -0.39 is 0 Å². The maximum atomic E-state index is 4.44. The van der Waals surface area contributed by atoms with Crippen LogP contribution in [0, 0.1) is 12.8 Å². The van der Waals surface area contributed by atoms with Crippen LogP contribution >= 0.6 is 0 Å². The van der Waals surface area contributed by atoms with Gasteiger partial charge in [0.25, 0.3) is 0 Å². The standard InChI is InChI=1S/C16H23N3/c1-3-12-5-4-6-13(9-12)19-14-7-8-15-16(10-14)18-11(2)17-15/h7-8,10,12-13,19H,3-6,9H2,1-2H3,(H,17,18). The number of aryl methyl sites for hydroxylation is 1. The van der Waals surface area contributed by atoms with E-state index in [0.29, 0.717) is 6.04 Å². The minimum atomic E-state index is 0.639. The zero-order valence-electron chi connectivity index (χ0n) is 11.9. The van der Waals surface area contributed by atoms with Gasteiger partial charge in [0.15, 0.2) is 0 Å². The first kappa shape index (κ1) is 12.5. The molecule has 1 aromatic heterocycles. The Morgan fingerprint density at radius 2 is 2.26 bits per heavy atom. The second kappa shape index (κ2) is 5.24. The molecule has 2 N–H and O–H groups in total. The number of anilines is 1. The van der Waals surface area contributed by atoms with Gasteiger partial charge in [0.05, 0.1) is 11.0 Å². The molecule has 0 amide bonds. The van der Waals surface area contributed by atoms with Crippen LogP contribution in [0.15, 0.2) is 18.2 Å². The average molecular weight is 257 g/mol. The van der Waals surface area contributed by atoms with Gasteiger partial charge in [-0.05, 0) is 43.9 Å². The summed E-state index contributed by atoms with van der Waals surface area (Å²) in [5.74, 6) is 1.89. The molecule has 3 heteroatoms. The SMILES string of the molecule is CCC1CCCC(Nc2ccc3nc(C)[nH]c3c2)C1. The molecule has 0 saturated heterocycles. The molecule has 1 heterocycles. The van der Waals surface area contributed by atoms with Gasteiger partial charge < -0.3 is 10.3 Å². The van der Waals surface area contributed by atoms with Crippen LogP contribution in [0.1, 0.15) is 44.9 Å². The minimum Gasteiger partial charge on any atom is -0.382 e. The molecule has 0 aliphatic heterocycles. The van der Waals surface area contributed by atoms with E-state index >= 15 is 0 Å². The minimum absolute atomic E-state index is 0.639. The third kappa shape index (κ3) is 2.75. The molecule has 1 saturated carbocycles. The summed E-state index contributed by atoms with van der Waals surface area (Å²) in [7, 11) is 0. The van der Waals surface area contributed by atoms with E-state index in [1.807, 2.05) is 6.92 Å². The summed E-state index contributed by atoms with van der Waals surface area (Å²) in [6.07, 6.45) is 6.71. The lowest BCUT2D eigenvalue weighted by Crippen LogP contribution is -2.26. The molecule has 102 valence electrons. The molecule has 1 fully saturated rings. The van der Waals surface area contributed by atoms with Crippen LogP contribution in [0.2, 0.25) is 0 Å². The van der Waals surface area contributed by atoms with Crippen molar-refractivity contribution in [3.05, 3.63) is 24.0 Å². The first-order valence-electron chi connectivity index (χ1n) is 7.47. The second-order valence-corrected chi connectivity index (χ2v) is 5.84. The highest BCUT2D eigenvalue weighted by molar-refractivity contribution is 5.79. The van der Waals surface area contributed by atoms with Crippen LogP contribution in [0.25, 0.3) is 11.0 Å². The number of aromatic nitrogens is 2. The smallest absolute Gasteiger partial charge is 0.104 e. The van der Waals surface area contributed by atoms with E-state index in [-0.39, 0.29) is 0 Å². The fourth-order valence-corrected chi connectivity index (χ4v) is 3.26. The van der Waals surface area contributed by atoms with Gasteiger partial charge in [-0.1, -0.05) is 26.2 Å². The Morgan fingerprint density at radius 1 is 1.37 bits per heavy atom. The van der Waals surface area contributed by atoms with Crippen LogP contribution in [-0.2, 0) is 0 Å². The molecule has 3 rings (SSSR count). The number of hydrogen-bond acceptors (Lipinski definition) is 2. The maximum absolute atomic E-state index is 4.44. The van der Waals surface area contributed by atoms with Crippen molar-refractivity contribution in [1.82, 2.24) is 9.97 Å². The summed E-state index contributed by atoms with van der Waals surface area (Å²) < 4.78 is 0. The Hall–Kier alpha value is -1.51. The van der Waals surface area contributed by atoms with Gasteiger partial charge in [0.1, 0.15) is 5.82 Å². The monoisotopic (exact) mass is 257 g/mol. The number of nitrogens with zero attached hydrogens (tertiary/aromatic N) is 1. The largest absolute Gasteiger partial charge is 0.382 e. The lowest BCUT2D eigenvalue weighted by molar-refractivity contribution is 0.327. The van der Waals surface area contributed by atoms with Crippen LogP contribution in [0.4, 0.5) is 5.69 Å². The van der Waals surface area contributed by atoms with E-state index in [1.54, 1.807) is 0 Å². The molecule has 1 aliphatic rings. The first-order valence-corrected chi connectivity index (χ1v) is 7.47. The predicted molar refractivity (Wildman–Crippen MR) is 80.5 cm³/mol. The molecule has 1 aromatic carbocycles. The molecule has 0 bridgehead atoms. The quantitative estimate of drug-likeness (QED) is 0.863. The second-order valence-electron chi connectivity index (χ2n) is 5.84. The zero-order valence-corrected chi connectivity index (χ0v) is 11.9. The van der Waals surface area contributed by atoms with Crippen molar-refractivity contribution in [2.45, 2.75) is 52.0 Å². The number of H-pyrrole nitrogens is 1. The maximum Gasteiger partial charge on any atom is 0.104 e. The van der Waals surface area contributed by atoms with Crippen molar-refractivity contribution in [3.8, 4) is 0 Å². The number of rotatable bonds is 3. The number of aromatic amines is 1. The fraction of sp³-hybridized carbons (Fsp3) is 0.562. The summed E-state index contributed by atoms with van der Waals surface area (Å²) in [4.78, 5) is 7.75. The van der Waals surface area contributed by atoms with E-state index in [4.69, 9.17) is 0 Å². The number of fused-ring (bicyclic) bond motifs is 1. The van der Waals surface area contributed by atoms with E-state index in [0.717, 1.165) is 22.8 Å². The Kier molecular flexibility index (Phi) is 3.45. The normalized spacial score (nSPS) is 23.7. The van der Waals surface area contributed by atoms with Gasteiger partial charge in [0.2, 0.25) is 0 Å². The van der Waals surface area contributed by atoms with Crippen molar-refractivity contribution < 1.29 is 0 Å². The summed E-state index contributed by atoms with van der Waals surface area (Å²) in [5, 5.41) is 3.70. The van der Waals surface area contributed by atoms with Crippen LogP contribution in [0.5, 0.6) is 0 Å². The summed E-state index contributed by atoms with van der Waals surface area (Å²) >= 11 is 0. The van der Waals surface area contributed by atoms with Crippen molar-refractivity contribution >= 4 is 16.7 Å².